The first-order chi connectivity index (χ1) is 9.12. The van der Waals surface area contributed by atoms with Crippen molar-refractivity contribution in [2.45, 2.75) is 37.8 Å². The van der Waals surface area contributed by atoms with Gasteiger partial charge in [0.05, 0.1) is 17.0 Å². The summed E-state index contributed by atoms with van der Waals surface area (Å²) in [6, 6.07) is 5.70. The summed E-state index contributed by atoms with van der Waals surface area (Å²) in [6.07, 6.45) is 1.16. The number of sulfone groups is 1. The molecule has 0 bridgehead atoms. The fourth-order valence-electron chi connectivity index (χ4n) is 1.70. The van der Waals surface area contributed by atoms with Crippen LogP contribution in [-0.4, -0.2) is 26.6 Å². The Bertz CT molecular complexity index is 565. The van der Waals surface area contributed by atoms with Crippen LogP contribution in [-0.2, 0) is 14.6 Å². The van der Waals surface area contributed by atoms with Crippen molar-refractivity contribution in [2.75, 3.05) is 6.26 Å². The van der Waals surface area contributed by atoms with E-state index in [1.54, 1.807) is 12.1 Å². The molecule has 1 aromatic carbocycles. The third-order valence-corrected chi connectivity index (χ3v) is 4.32. The van der Waals surface area contributed by atoms with Gasteiger partial charge in [0, 0.05) is 6.26 Å². The minimum Gasteiger partial charge on any atom is -0.348 e. The fraction of sp³-hybridized carbons (Fsp3) is 0.500. The van der Waals surface area contributed by atoms with Gasteiger partial charge < -0.3 is 11.1 Å². The van der Waals surface area contributed by atoms with Crippen LogP contribution in [0.3, 0.4) is 0 Å². The Kier molecular flexibility index (Phi) is 5.30. The lowest BCUT2D eigenvalue weighted by atomic mass is 10.0. The van der Waals surface area contributed by atoms with E-state index in [1.165, 1.54) is 12.1 Å². The van der Waals surface area contributed by atoms with Crippen molar-refractivity contribution in [3.05, 3.63) is 29.8 Å². The third kappa shape index (κ3) is 4.31. The van der Waals surface area contributed by atoms with Crippen molar-refractivity contribution in [3.8, 4) is 0 Å². The number of carbonyl (C=O) groups is 1. The second-order valence-corrected chi connectivity index (χ2v) is 7.36. The van der Waals surface area contributed by atoms with Crippen LogP contribution in [0.1, 0.15) is 32.4 Å². The van der Waals surface area contributed by atoms with Gasteiger partial charge in [-0.1, -0.05) is 26.0 Å². The summed E-state index contributed by atoms with van der Waals surface area (Å²) in [7, 11) is -3.20. The standard InChI is InChI=1S/C14H22N2O3S/c1-9(2)13(15)14(17)16-10(3)11-5-7-12(8-6-11)20(4,18)19/h5-10,13H,15H2,1-4H3,(H,16,17)/t10?,13-/m1/s1. The molecule has 0 saturated carbocycles. The molecule has 112 valence electrons. The van der Waals surface area contributed by atoms with Gasteiger partial charge in [0.25, 0.3) is 0 Å². The summed E-state index contributed by atoms with van der Waals surface area (Å²) in [5.74, 6) is -0.144. The first-order valence-corrected chi connectivity index (χ1v) is 8.38. The highest BCUT2D eigenvalue weighted by atomic mass is 32.2. The first-order valence-electron chi connectivity index (χ1n) is 6.49. The molecule has 20 heavy (non-hydrogen) atoms. The van der Waals surface area contributed by atoms with E-state index in [2.05, 4.69) is 5.32 Å². The van der Waals surface area contributed by atoms with Gasteiger partial charge in [-0.05, 0) is 30.5 Å². The van der Waals surface area contributed by atoms with Gasteiger partial charge in [-0.3, -0.25) is 4.79 Å². The summed E-state index contributed by atoms with van der Waals surface area (Å²) >= 11 is 0. The average molecular weight is 298 g/mol. The minimum absolute atomic E-state index is 0.0646. The minimum atomic E-state index is -3.20. The van der Waals surface area contributed by atoms with E-state index in [0.29, 0.717) is 0 Å². The van der Waals surface area contributed by atoms with E-state index in [9.17, 15) is 13.2 Å². The molecular weight excluding hydrogens is 276 g/mol. The number of nitrogens with two attached hydrogens (primary N) is 1. The molecule has 0 radical (unpaired) electrons. The molecule has 6 heteroatoms. The Labute approximate surface area is 120 Å². The van der Waals surface area contributed by atoms with E-state index < -0.39 is 15.9 Å². The molecule has 0 aliphatic carbocycles. The fourth-order valence-corrected chi connectivity index (χ4v) is 2.33. The van der Waals surface area contributed by atoms with Gasteiger partial charge >= 0.3 is 0 Å². The second kappa shape index (κ2) is 6.37. The molecule has 3 N–H and O–H groups in total. The third-order valence-electron chi connectivity index (χ3n) is 3.19. The Morgan fingerprint density at radius 1 is 1.15 bits per heavy atom. The smallest absolute Gasteiger partial charge is 0.237 e. The number of carbonyl (C=O) groups excluding carboxylic acids is 1. The largest absolute Gasteiger partial charge is 0.348 e. The maximum absolute atomic E-state index is 11.9. The van der Waals surface area contributed by atoms with Crippen molar-refractivity contribution in [1.82, 2.24) is 5.32 Å². The lowest BCUT2D eigenvalue weighted by molar-refractivity contribution is -0.123. The molecule has 0 aliphatic heterocycles. The predicted molar refractivity (Wildman–Crippen MR) is 78.9 cm³/mol. The van der Waals surface area contributed by atoms with Gasteiger partial charge in [0.1, 0.15) is 0 Å². The van der Waals surface area contributed by atoms with Crippen molar-refractivity contribution >= 4 is 15.7 Å². The first kappa shape index (κ1) is 16.7. The van der Waals surface area contributed by atoms with Crippen LogP contribution in [0.15, 0.2) is 29.2 Å². The normalized spacial score (nSPS) is 14.9. The second-order valence-electron chi connectivity index (χ2n) is 5.34. The summed E-state index contributed by atoms with van der Waals surface area (Å²) in [5.41, 5.74) is 6.61. The van der Waals surface area contributed by atoms with E-state index >= 15 is 0 Å². The summed E-state index contributed by atoms with van der Waals surface area (Å²) < 4.78 is 22.7. The number of amides is 1. The maximum Gasteiger partial charge on any atom is 0.237 e. The predicted octanol–water partition coefficient (Wildman–Crippen LogP) is 1.25. The average Bonchev–Trinajstić information content (AvgIpc) is 2.36. The molecule has 1 amide bonds. The van der Waals surface area contributed by atoms with Gasteiger partial charge in [0.15, 0.2) is 9.84 Å². The number of hydrogen-bond acceptors (Lipinski definition) is 4. The zero-order chi connectivity index (χ0) is 15.5. The lowest BCUT2D eigenvalue weighted by Gasteiger charge is -2.20. The number of rotatable bonds is 5. The van der Waals surface area contributed by atoms with Crippen LogP contribution in [0.2, 0.25) is 0 Å². The van der Waals surface area contributed by atoms with Crippen LogP contribution in [0.4, 0.5) is 0 Å². The van der Waals surface area contributed by atoms with E-state index in [0.717, 1.165) is 11.8 Å². The van der Waals surface area contributed by atoms with Crippen LogP contribution in [0, 0.1) is 5.92 Å². The summed E-state index contributed by atoms with van der Waals surface area (Å²) in [4.78, 5) is 12.1. The van der Waals surface area contributed by atoms with E-state index in [-0.39, 0.29) is 22.8 Å². The molecule has 5 nitrogen and oxygen atoms in total. The molecular formula is C14H22N2O3S. The molecule has 2 atom stereocenters. The van der Waals surface area contributed by atoms with Crippen LogP contribution < -0.4 is 11.1 Å². The molecule has 0 saturated heterocycles. The monoisotopic (exact) mass is 298 g/mol. The Morgan fingerprint density at radius 3 is 2.05 bits per heavy atom. The zero-order valence-corrected chi connectivity index (χ0v) is 13.1. The molecule has 0 fully saturated rings. The van der Waals surface area contributed by atoms with Gasteiger partial charge in [-0.25, -0.2) is 8.42 Å². The Hall–Kier alpha value is -1.40. The van der Waals surface area contributed by atoms with E-state index in [4.69, 9.17) is 5.73 Å². The Morgan fingerprint density at radius 2 is 1.65 bits per heavy atom. The van der Waals surface area contributed by atoms with Crippen LogP contribution in [0.5, 0.6) is 0 Å². The zero-order valence-electron chi connectivity index (χ0n) is 12.3. The SMILES string of the molecule is CC(NC(=O)[C@H](N)C(C)C)c1ccc(S(C)(=O)=O)cc1. The summed E-state index contributed by atoms with van der Waals surface area (Å²) in [5, 5.41) is 2.82. The molecule has 1 unspecified atom stereocenters. The number of benzene rings is 1. The molecule has 0 heterocycles. The maximum atomic E-state index is 11.9. The van der Waals surface area contributed by atoms with Crippen molar-refractivity contribution in [3.63, 3.8) is 0 Å². The number of nitrogens with one attached hydrogen (secondary N) is 1. The molecule has 1 aromatic rings. The summed E-state index contributed by atoms with van der Waals surface area (Å²) in [6.45, 7) is 5.60. The van der Waals surface area contributed by atoms with Gasteiger partial charge in [-0.15, -0.1) is 0 Å². The Balaban J connectivity index is 2.79. The highest BCUT2D eigenvalue weighted by molar-refractivity contribution is 7.90. The molecule has 0 aromatic heterocycles. The van der Waals surface area contributed by atoms with Crippen molar-refractivity contribution in [2.24, 2.45) is 11.7 Å². The molecule has 0 spiro atoms. The van der Waals surface area contributed by atoms with Crippen molar-refractivity contribution in [1.29, 1.82) is 0 Å². The van der Waals surface area contributed by atoms with Crippen LogP contribution in [0.25, 0.3) is 0 Å². The number of hydrogen-bond donors (Lipinski definition) is 2. The van der Waals surface area contributed by atoms with Gasteiger partial charge in [0.2, 0.25) is 5.91 Å². The van der Waals surface area contributed by atoms with E-state index in [1.807, 2.05) is 20.8 Å². The highest BCUT2D eigenvalue weighted by Gasteiger charge is 2.19. The van der Waals surface area contributed by atoms with Gasteiger partial charge in [-0.2, -0.15) is 0 Å². The highest BCUT2D eigenvalue weighted by Crippen LogP contribution is 2.16. The van der Waals surface area contributed by atoms with Crippen molar-refractivity contribution < 1.29 is 13.2 Å². The van der Waals surface area contributed by atoms with Crippen LogP contribution >= 0.6 is 0 Å². The topological polar surface area (TPSA) is 89.3 Å². The molecule has 0 aliphatic rings. The quantitative estimate of drug-likeness (QED) is 0.856. The lowest BCUT2D eigenvalue weighted by Crippen LogP contribution is -2.44. The molecule has 1 rings (SSSR count).